The van der Waals surface area contributed by atoms with Crippen molar-refractivity contribution in [2.45, 2.75) is 24.7 Å². The molecule has 7 nitrogen and oxygen atoms in total. The van der Waals surface area contributed by atoms with Gasteiger partial charge in [0.1, 0.15) is 5.75 Å². The summed E-state index contributed by atoms with van der Waals surface area (Å²) in [6, 6.07) is 29.4. The van der Waals surface area contributed by atoms with E-state index in [4.69, 9.17) is 4.74 Å². The molecule has 0 spiro atoms. The topological polar surface area (TPSA) is 102 Å². The number of rotatable bonds is 9. The van der Waals surface area contributed by atoms with Gasteiger partial charge >= 0.3 is 29.6 Å². The van der Waals surface area contributed by atoms with Gasteiger partial charge in [-0.05, 0) is 65.1 Å². The first kappa shape index (κ1) is 32.4. The Kier molecular flexibility index (Phi) is 10.8. The molecule has 4 aromatic rings. The number of aryl methyl sites for hydroxylation is 1. The molecular formula is C33H29N2NaO5S2. The molecule has 214 valence electrons. The minimum atomic E-state index is -3.93. The van der Waals surface area contributed by atoms with E-state index in [0.717, 1.165) is 33.6 Å². The summed E-state index contributed by atoms with van der Waals surface area (Å²) in [6.45, 7) is 1.86. The Balaban J connectivity index is 0.00000264. The molecule has 4 aromatic carbocycles. The van der Waals surface area contributed by atoms with Crippen LogP contribution in [0.4, 0.5) is 0 Å². The SMILES string of the molecule is COc1ccc(-c2ccc(/C=C3/SC(Cc4ccc(CC(=O)NS(=O)(=O)c5ccc(C)cc5)cc4)=NC3=O)cc2)cc1.[H-].[Na+]. The van der Waals surface area contributed by atoms with E-state index >= 15 is 0 Å². The van der Waals surface area contributed by atoms with Gasteiger partial charge in [-0.2, -0.15) is 0 Å². The predicted molar refractivity (Wildman–Crippen MR) is 168 cm³/mol. The number of aliphatic imine (C=N–C) groups is 1. The van der Waals surface area contributed by atoms with Gasteiger partial charge in [0, 0.05) is 6.42 Å². The van der Waals surface area contributed by atoms with Crippen LogP contribution < -0.4 is 39.0 Å². The Morgan fingerprint density at radius 3 is 2.07 bits per heavy atom. The number of carbonyl (C=O) groups excluding carboxylic acids is 2. The Morgan fingerprint density at radius 1 is 0.884 bits per heavy atom. The van der Waals surface area contributed by atoms with E-state index in [0.29, 0.717) is 21.9 Å². The number of carbonyl (C=O) groups is 2. The van der Waals surface area contributed by atoms with Gasteiger partial charge in [0.25, 0.3) is 15.9 Å². The van der Waals surface area contributed by atoms with Crippen molar-refractivity contribution in [2.75, 3.05) is 7.11 Å². The van der Waals surface area contributed by atoms with Gasteiger partial charge < -0.3 is 6.16 Å². The maximum atomic E-state index is 12.6. The van der Waals surface area contributed by atoms with E-state index in [1.165, 1.54) is 23.9 Å². The second-order valence-electron chi connectivity index (χ2n) is 9.78. The fourth-order valence-corrected chi connectivity index (χ4v) is 6.27. The second-order valence-corrected chi connectivity index (χ2v) is 12.6. The third kappa shape index (κ3) is 8.55. The van der Waals surface area contributed by atoms with Crippen LogP contribution in [-0.2, 0) is 32.5 Å². The zero-order valence-electron chi connectivity index (χ0n) is 25.0. The van der Waals surface area contributed by atoms with E-state index in [1.54, 1.807) is 31.4 Å². The van der Waals surface area contributed by atoms with Crippen molar-refractivity contribution in [3.8, 4) is 16.9 Å². The van der Waals surface area contributed by atoms with Crippen molar-refractivity contribution in [1.29, 1.82) is 0 Å². The van der Waals surface area contributed by atoms with Gasteiger partial charge in [0.15, 0.2) is 0 Å². The zero-order valence-corrected chi connectivity index (χ0v) is 27.7. The van der Waals surface area contributed by atoms with Crippen molar-refractivity contribution in [3.63, 3.8) is 0 Å². The molecule has 5 rings (SSSR count). The molecule has 0 bridgehead atoms. The Morgan fingerprint density at radius 2 is 1.47 bits per heavy atom. The van der Waals surface area contributed by atoms with Gasteiger partial charge in [-0.3, -0.25) is 9.59 Å². The number of thioether (sulfide) groups is 1. The van der Waals surface area contributed by atoms with Crippen LogP contribution in [0.2, 0.25) is 0 Å². The van der Waals surface area contributed by atoms with Crippen LogP contribution in [-0.4, -0.2) is 32.4 Å². The molecule has 1 N–H and O–H groups in total. The maximum Gasteiger partial charge on any atom is 1.00 e. The summed E-state index contributed by atoms with van der Waals surface area (Å²) in [5.41, 5.74) is 5.57. The van der Waals surface area contributed by atoms with Crippen molar-refractivity contribution >= 4 is 44.7 Å². The van der Waals surface area contributed by atoms with Crippen molar-refractivity contribution in [3.05, 3.63) is 124 Å². The van der Waals surface area contributed by atoms with Crippen LogP contribution in [0, 0.1) is 6.92 Å². The molecule has 0 fully saturated rings. The smallest absolute Gasteiger partial charge is 1.00 e. The minimum Gasteiger partial charge on any atom is -1.00 e. The summed E-state index contributed by atoms with van der Waals surface area (Å²) in [5.74, 6) is -0.0769. The summed E-state index contributed by atoms with van der Waals surface area (Å²) in [7, 11) is -2.29. The first-order valence-corrected chi connectivity index (χ1v) is 15.4. The van der Waals surface area contributed by atoms with Crippen LogP contribution in [0.3, 0.4) is 0 Å². The molecule has 0 unspecified atom stereocenters. The molecule has 1 aliphatic heterocycles. The number of nitrogens with zero attached hydrogens (tertiary/aromatic N) is 1. The Labute approximate surface area is 279 Å². The van der Waals surface area contributed by atoms with E-state index in [9.17, 15) is 18.0 Å². The van der Waals surface area contributed by atoms with Gasteiger partial charge in [0.05, 0.1) is 28.4 Å². The molecule has 0 radical (unpaired) electrons. The Bertz CT molecular complexity index is 1790. The van der Waals surface area contributed by atoms with Crippen LogP contribution in [0.25, 0.3) is 17.2 Å². The molecule has 1 aliphatic rings. The number of ether oxygens (including phenoxy) is 1. The second kappa shape index (κ2) is 14.3. The standard InChI is InChI=1S/C33H28N2O5S2.Na.H/c1-22-3-17-29(18-4-22)42(38,39)35-31(36)20-24-5-7-25(8-6-24)21-32-34-33(37)30(41-32)19-23-9-11-26(12-10-23)27-13-15-28(40-2)16-14-27;;/h3-19H,20-21H2,1-2H3,(H,35,36);;/q;+1;-1/b30-19+;;. The molecule has 43 heavy (non-hydrogen) atoms. The number of hydrogen-bond donors (Lipinski definition) is 1. The summed E-state index contributed by atoms with van der Waals surface area (Å²) in [4.78, 5) is 29.8. The first-order valence-electron chi connectivity index (χ1n) is 13.1. The summed E-state index contributed by atoms with van der Waals surface area (Å²) < 4.78 is 32.3. The summed E-state index contributed by atoms with van der Waals surface area (Å²) in [5, 5.41) is 0.691. The maximum absolute atomic E-state index is 12.6. The molecule has 0 saturated heterocycles. The molecule has 0 aliphatic carbocycles. The largest absolute Gasteiger partial charge is 1.00 e. The zero-order chi connectivity index (χ0) is 29.7. The van der Waals surface area contributed by atoms with Crippen molar-refractivity contribution in [1.82, 2.24) is 4.72 Å². The average molecular weight is 621 g/mol. The quantitative estimate of drug-likeness (QED) is 0.228. The van der Waals surface area contributed by atoms with Crippen LogP contribution in [0.15, 0.2) is 112 Å². The molecule has 1 heterocycles. The number of nitrogens with one attached hydrogen (secondary N) is 1. The number of sulfonamides is 1. The van der Waals surface area contributed by atoms with Crippen molar-refractivity contribution < 1.29 is 53.7 Å². The molecule has 0 aromatic heterocycles. The summed E-state index contributed by atoms with van der Waals surface area (Å²) in [6.07, 6.45) is 2.23. The average Bonchev–Trinajstić information content (AvgIpc) is 3.32. The third-order valence-electron chi connectivity index (χ3n) is 6.62. The number of methoxy groups -OCH3 is 1. The van der Waals surface area contributed by atoms with E-state index < -0.39 is 15.9 Å². The van der Waals surface area contributed by atoms with Crippen LogP contribution in [0.1, 0.15) is 23.7 Å². The van der Waals surface area contributed by atoms with Crippen LogP contribution in [0.5, 0.6) is 5.75 Å². The Hall–Kier alpha value is -3.47. The molecule has 2 amide bonds. The van der Waals surface area contributed by atoms with E-state index in [2.05, 4.69) is 9.71 Å². The minimum absolute atomic E-state index is 0. The van der Waals surface area contributed by atoms with Gasteiger partial charge in [-0.15, -0.1) is 0 Å². The van der Waals surface area contributed by atoms with Gasteiger partial charge in [0.2, 0.25) is 5.91 Å². The van der Waals surface area contributed by atoms with Gasteiger partial charge in [-0.1, -0.05) is 90.1 Å². The monoisotopic (exact) mass is 620 g/mol. The van der Waals surface area contributed by atoms with Crippen LogP contribution >= 0.6 is 11.8 Å². The first-order chi connectivity index (χ1) is 20.2. The fourth-order valence-electron chi connectivity index (χ4n) is 4.33. The fraction of sp³-hybridized carbons (Fsp3) is 0.121. The molecular weight excluding hydrogens is 591 g/mol. The summed E-state index contributed by atoms with van der Waals surface area (Å²) >= 11 is 1.35. The predicted octanol–water partition coefficient (Wildman–Crippen LogP) is 3.09. The molecule has 10 heteroatoms. The number of benzene rings is 4. The molecule has 0 atom stereocenters. The van der Waals surface area contributed by atoms with Crippen molar-refractivity contribution in [2.24, 2.45) is 4.99 Å². The third-order valence-corrected chi connectivity index (χ3v) is 8.99. The molecule has 0 saturated carbocycles. The van der Waals surface area contributed by atoms with E-state index in [1.807, 2.05) is 73.7 Å². The number of amides is 2. The van der Waals surface area contributed by atoms with Gasteiger partial charge in [-0.25, -0.2) is 18.1 Å². The normalized spacial score (nSPS) is 13.8. The number of hydrogen-bond acceptors (Lipinski definition) is 6. The van der Waals surface area contributed by atoms with E-state index in [-0.39, 0.29) is 48.2 Å².